The van der Waals surface area contributed by atoms with E-state index in [9.17, 15) is 9.59 Å². The Morgan fingerprint density at radius 2 is 1.85 bits per heavy atom. The van der Waals surface area contributed by atoms with E-state index in [1.165, 1.54) is 11.1 Å². The minimum Gasteiger partial charge on any atom is -0.490 e. The molecule has 3 aromatic carbocycles. The molecule has 1 fully saturated rings. The number of aromatic nitrogens is 2. The van der Waals surface area contributed by atoms with Crippen LogP contribution in [0.15, 0.2) is 75.0 Å². The van der Waals surface area contributed by atoms with Crippen molar-refractivity contribution in [2.45, 2.75) is 51.9 Å². The lowest BCUT2D eigenvalue weighted by Crippen LogP contribution is -2.25. The van der Waals surface area contributed by atoms with Gasteiger partial charge >= 0.3 is 0 Å². The van der Waals surface area contributed by atoms with Crippen LogP contribution in [0.4, 0.5) is 5.69 Å². The molecular weight excluding hydrogens is 584 g/mol. The van der Waals surface area contributed by atoms with Gasteiger partial charge in [0.25, 0.3) is 11.5 Å². The Balaban J connectivity index is 1.42. The Labute approximate surface area is 247 Å². The number of nitrogens with zero attached hydrogens (tertiary/aromatic N) is 3. The fourth-order valence-electron chi connectivity index (χ4n) is 5.10. The molecule has 1 amide bonds. The lowest BCUT2D eigenvalue weighted by atomic mass is 9.88. The highest BCUT2D eigenvalue weighted by atomic mass is 79.9. The maximum atomic E-state index is 13.5. The molecule has 1 aliphatic rings. The van der Waals surface area contributed by atoms with Crippen molar-refractivity contribution in [1.29, 1.82) is 0 Å². The topological polar surface area (TPSA) is 94.8 Å². The number of benzene rings is 3. The van der Waals surface area contributed by atoms with Crippen LogP contribution in [0.5, 0.6) is 11.5 Å². The maximum absolute atomic E-state index is 13.5. The second-order valence-electron chi connectivity index (χ2n) is 10.1. The van der Waals surface area contributed by atoms with E-state index in [0.29, 0.717) is 44.9 Å². The van der Waals surface area contributed by atoms with Gasteiger partial charge in [0, 0.05) is 11.6 Å². The average Bonchev–Trinajstić information content (AvgIpc) is 2.98. The number of hydrogen-bond donors (Lipinski definition) is 1. The fraction of sp³-hybridized carbons (Fsp3) is 0.312. The van der Waals surface area contributed by atoms with Crippen molar-refractivity contribution in [3.05, 3.63) is 92.4 Å². The van der Waals surface area contributed by atoms with Gasteiger partial charge in [0.2, 0.25) is 0 Å². The zero-order valence-corrected chi connectivity index (χ0v) is 24.8. The van der Waals surface area contributed by atoms with Crippen molar-refractivity contribution in [2.24, 2.45) is 5.10 Å². The Morgan fingerprint density at radius 1 is 1.10 bits per heavy atom. The van der Waals surface area contributed by atoms with Gasteiger partial charge < -0.3 is 14.8 Å². The van der Waals surface area contributed by atoms with E-state index in [1.54, 1.807) is 18.3 Å². The third kappa shape index (κ3) is 6.68. The van der Waals surface area contributed by atoms with E-state index < -0.39 is 0 Å². The predicted molar refractivity (Wildman–Crippen MR) is 165 cm³/mol. The van der Waals surface area contributed by atoms with Crippen molar-refractivity contribution in [3.63, 3.8) is 0 Å². The van der Waals surface area contributed by atoms with Crippen LogP contribution in [0.2, 0.25) is 0 Å². The molecule has 0 aliphatic heterocycles. The standard InChI is InChI=1S/C32H33BrN4O4/c1-3-40-28-18-22(17-25(33)30(28)41-20-29(38)35-26-15-9-7-11-21(26)2)19-34-37-31(23-12-5-4-6-13-23)36-27-16-10-8-14-24(27)32(37)39/h7-11,14-19,23H,3-6,12-13,20H2,1-2H3,(H,35,38). The summed E-state index contributed by atoms with van der Waals surface area (Å²) in [7, 11) is 0. The fourth-order valence-corrected chi connectivity index (χ4v) is 5.68. The van der Waals surface area contributed by atoms with Gasteiger partial charge in [0.05, 0.1) is 28.2 Å². The highest BCUT2D eigenvalue weighted by Gasteiger charge is 2.22. The molecule has 5 rings (SSSR count). The normalized spacial score (nSPS) is 13.9. The van der Waals surface area contributed by atoms with Crippen molar-refractivity contribution in [2.75, 3.05) is 18.5 Å². The number of para-hydroxylation sites is 2. The van der Waals surface area contributed by atoms with E-state index >= 15 is 0 Å². The molecule has 212 valence electrons. The molecule has 8 nitrogen and oxygen atoms in total. The van der Waals surface area contributed by atoms with Gasteiger partial charge in [-0.25, -0.2) is 4.98 Å². The lowest BCUT2D eigenvalue weighted by molar-refractivity contribution is -0.118. The summed E-state index contributed by atoms with van der Waals surface area (Å²) in [5, 5.41) is 8.05. The molecule has 4 aromatic rings. The summed E-state index contributed by atoms with van der Waals surface area (Å²) in [4.78, 5) is 31.0. The minimum absolute atomic E-state index is 0.184. The summed E-state index contributed by atoms with van der Waals surface area (Å²) in [5.74, 6) is 1.48. The molecule has 1 N–H and O–H groups in total. The number of carbonyl (C=O) groups excluding carboxylic acids is 1. The second-order valence-corrected chi connectivity index (χ2v) is 11.0. The Bertz CT molecular complexity index is 1640. The van der Waals surface area contributed by atoms with E-state index in [-0.39, 0.29) is 24.0 Å². The maximum Gasteiger partial charge on any atom is 0.282 e. The molecule has 0 spiro atoms. The number of rotatable bonds is 9. The van der Waals surface area contributed by atoms with Crippen molar-refractivity contribution >= 4 is 44.6 Å². The average molecular weight is 618 g/mol. The molecule has 1 heterocycles. The third-order valence-corrected chi connectivity index (χ3v) is 7.76. The first-order chi connectivity index (χ1) is 19.9. The SMILES string of the molecule is CCOc1cc(C=Nn2c(C3CCCCC3)nc3ccccc3c2=O)cc(Br)c1OCC(=O)Nc1ccccc1C. The van der Waals surface area contributed by atoms with Gasteiger partial charge in [0.15, 0.2) is 18.1 Å². The number of nitrogens with one attached hydrogen (secondary N) is 1. The van der Waals surface area contributed by atoms with Crippen LogP contribution in [0.25, 0.3) is 10.9 Å². The van der Waals surface area contributed by atoms with Crippen LogP contribution in [-0.2, 0) is 4.79 Å². The number of ether oxygens (including phenoxy) is 2. The molecule has 1 aliphatic carbocycles. The van der Waals surface area contributed by atoms with E-state index in [1.807, 2.05) is 62.4 Å². The summed E-state index contributed by atoms with van der Waals surface area (Å²) in [6.45, 7) is 4.02. The monoisotopic (exact) mass is 616 g/mol. The van der Waals surface area contributed by atoms with Gasteiger partial charge in [-0.15, -0.1) is 0 Å². The lowest BCUT2D eigenvalue weighted by Gasteiger charge is -2.22. The molecule has 0 bridgehead atoms. The zero-order valence-electron chi connectivity index (χ0n) is 23.2. The summed E-state index contributed by atoms with van der Waals surface area (Å²) in [6, 6.07) is 18.6. The van der Waals surface area contributed by atoms with Crippen LogP contribution in [-0.4, -0.2) is 35.0 Å². The molecule has 41 heavy (non-hydrogen) atoms. The molecule has 0 saturated heterocycles. The van der Waals surface area contributed by atoms with Gasteiger partial charge in [-0.3, -0.25) is 9.59 Å². The summed E-state index contributed by atoms with van der Waals surface area (Å²) in [5.41, 5.74) is 2.91. The number of aryl methyl sites for hydroxylation is 1. The van der Waals surface area contributed by atoms with E-state index in [4.69, 9.17) is 14.5 Å². The Morgan fingerprint density at radius 3 is 2.63 bits per heavy atom. The highest BCUT2D eigenvalue weighted by molar-refractivity contribution is 9.10. The first-order valence-corrected chi connectivity index (χ1v) is 14.7. The Kier molecular flexibility index (Phi) is 9.14. The number of amides is 1. The van der Waals surface area contributed by atoms with E-state index in [0.717, 1.165) is 36.9 Å². The van der Waals surface area contributed by atoms with Crippen LogP contribution < -0.4 is 20.3 Å². The number of hydrogen-bond acceptors (Lipinski definition) is 6. The molecule has 1 aromatic heterocycles. The van der Waals surface area contributed by atoms with Crippen molar-refractivity contribution in [1.82, 2.24) is 9.66 Å². The molecule has 0 unspecified atom stereocenters. The number of carbonyl (C=O) groups is 1. The van der Waals surface area contributed by atoms with Crippen molar-refractivity contribution < 1.29 is 14.3 Å². The van der Waals surface area contributed by atoms with Crippen LogP contribution >= 0.6 is 15.9 Å². The van der Waals surface area contributed by atoms with Gasteiger partial charge in [-0.2, -0.15) is 9.78 Å². The highest BCUT2D eigenvalue weighted by Crippen LogP contribution is 2.37. The van der Waals surface area contributed by atoms with Crippen LogP contribution in [0.1, 0.15) is 61.9 Å². The first kappa shape index (κ1) is 28.5. The van der Waals surface area contributed by atoms with Crippen LogP contribution in [0.3, 0.4) is 0 Å². The third-order valence-electron chi connectivity index (χ3n) is 7.17. The van der Waals surface area contributed by atoms with Crippen molar-refractivity contribution in [3.8, 4) is 11.5 Å². The number of fused-ring (bicyclic) bond motifs is 1. The first-order valence-electron chi connectivity index (χ1n) is 13.9. The second kappa shape index (κ2) is 13.1. The van der Waals surface area contributed by atoms with Gasteiger partial charge in [0.1, 0.15) is 5.82 Å². The Hall–Kier alpha value is -3.98. The molecule has 9 heteroatoms. The molecule has 0 radical (unpaired) electrons. The largest absolute Gasteiger partial charge is 0.490 e. The van der Waals surface area contributed by atoms with Crippen LogP contribution in [0, 0.1) is 6.92 Å². The smallest absolute Gasteiger partial charge is 0.282 e. The number of halogens is 1. The summed E-state index contributed by atoms with van der Waals surface area (Å²) >= 11 is 3.57. The number of anilines is 1. The summed E-state index contributed by atoms with van der Waals surface area (Å²) < 4.78 is 13.8. The zero-order chi connectivity index (χ0) is 28.8. The quantitative estimate of drug-likeness (QED) is 0.208. The molecular formula is C32H33BrN4O4. The summed E-state index contributed by atoms with van der Waals surface area (Å²) in [6.07, 6.45) is 7.05. The predicted octanol–water partition coefficient (Wildman–Crippen LogP) is 6.81. The van der Waals surface area contributed by atoms with E-state index in [2.05, 4.69) is 26.3 Å². The minimum atomic E-state index is -0.280. The van der Waals surface area contributed by atoms with Gasteiger partial charge in [-0.05, 0) is 84.1 Å². The van der Waals surface area contributed by atoms with Gasteiger partial charge in [-0.1, -0.05) is 49.6 Å². The molecule has 0 atom stereocenters. The molecule has 1 saturated carbocycles.